The third kappa shape index (κ3) is 2.19. The monoisotopic (exact) mass is 248 g/mol. The molecule has 0 spiro atoms. The van der Waals surface area contributed by atoms with Crippen molar-refractivity contribution in [2.75, 3.05) is 6.79 Å². The van der Waals surface area contributed by atoms with Gasteiger partial charge >= 0.3 is 0 Å². The van der Waals surface area contributed by atoms with E-state index >= 15 is 0 Å². The summed E-state index contributed by atoms with van der Waals surface area (Å²) in [5, 5.41) is 9.62. The molecule has 1 aliphatic heterocycles. The van der Waals surface area contributed by atoms with Crippen molar-refractivity contribution in [2.24, 2.45) is 5.92 Å². The van der Waals surface area contributed by atoms with Crippen molar-refractivity contribution in [3.05, 3.63) is 23.8 Å². The summed E-state index contributed by atoms with van der Waals surface area (Å²) in [6, 6.07) is 6.29. The van der Waals surface area contributed by atoms with E-state index < -0.39 is 0 Å². The van der Waals surface area contributed by atoms with Gasteiger partial charge in [-0.1, -0.05) is 6.07 Å². The minimum absolute atomic E-state index is 0.164. The number of hydrogen-bond donors (Lipinski definition) is 1. The maximum atomic E-state index is 9.62. The lowest BCUT2D eigenvalue weighted by Crippen LogP contribution is -2.22. The van der Waals surface area contributed by atoms with Crippen LogP contribution >= 0.6 is 0 Å². The van der Waals surface area contributed by atoms with Crippen LogP contribution in [0.25, 0.3) is 0 Å². The van der Waals surface area contributed by atoms with Crippen molar-refractivity contribution < 1.29 is 14.6 Å². The Bertz CT molecular complexity index is 420. The summed E-state index contributed by atoms with van der Waals surface area (Å²) in [4.78, 5) is 0. The van der Waals surface area contributed by atoms with E-state index in [-0.39, 0.29) is 6.10 Å². The molecule has 0 radical (unpaired) electrons. The zero-order valence-electron chi connectivity index (χ0n) is 10.8. The highest BCUT2D eigenvalue weighted by atomic mass is 16.7. The molecule has 3 heteroatoms. The molecule has 0 aromatic heterocycles. The SMILES string of the molecule is CC(O)C1CCC(c2ccc3c(c2)OCO3)CC1. The van der Waals surface area contributed by atoms with E-state index in [9.17, 15) is 5.11 Å². The Morgan fingerprint density at radius 3 is 2.56 bits per heavy atom. The number of fused-ring (bicyclic) bond motifs is 1. The predicted octanol–water partition coefficient (Wildman–Crippen LogP) is 3.07. The van der Waals surface area contributed by atoms with Gasteiger partial charge in [-0.25, -0.2) is 0 Å². The predicted molar refractivity (Wildman–Crippen MR) is 68.9 cm³/mol. The molecule has 18 heavy (non-hydrogen) atoms. The lowest BCUT2D eigenvalue weighted by atomic mass is 9.77. The molecule has 1 aromatic carbocycles. The Kier molecular flexibility index (Phi) is 3.16. The molecule has 3 rings (SSSR count). The van der Waals surface area contributed by atoms with Gasteiger partial charge in [0.25, 0.3) is 0 Å². The fourth-order valence-corrected chi connectivity index (χ4v) is 3.10. The third-order valence-electron chi connectivity index (χ3n) is 4.32. The number of hydrogen-bond acceptors (Lipinski definition) is 3. The summed E-state index contributed by atoms with van der Waals surface area (Å²) in [6.45, 7) is 2.25. The van der Waals surface area contributed by atoms with Crippen molar-refractivity contribution in [3.63, 3.8) is 0 Å². The van der Waals surface area contributed by atoms with Gasteiger partial charge in [-0.2, -0.15) is 0 Å². The molecular weight excluding hydrogens is 228 g/mol. The van der Waals surface area contributed by atoms with E-state index in [0.717, 1.165) is 37.2 Å². The molecule has 1 atom stereocenters. The lowest BCUT2D eigenvalue weighted by Gasteiger charge is -2.30. The highest BCUT2D eigenvalue weighted by Gasteiger charge is 2.26. The first-order valence-electron chi connectivity index (χ1n) is 6.81. The Labute approximate surface area is 108 Å². The smallest absolute Gasteiger partial charge is 0.231 e. The highest BCUT2D eigenvalue weighted by molar-refractivity contribution is 5.45. The Balaban J connectivity index is 1.69. The molecule has 1 heterocycles. The van der Waals surface area contributed by atoms with Crippen LogP contribution in [-0.4, -0.2) is 18.0 Å². The van der Waals surface area contributed by atoms with E-state index in [1.807, 2.05) is 13.0 Å². The van der Waals surface area contributed by atoms with Crippen molar-refractivity contribution in [3.8, 4) is 11.5 Å². The number of rotatable bonds is 2. The van der Waals surface area contributed by atoms with Gasteiger partial charge in [0.15, 0.2) is 11.5 Å². The van der Waals surface area contributed by atoms with E-state index in [1.165, 1.54) is 5.56 Å². The average molecular weight is 248 g/mol. The summed E-state index contributed by atoms with van der Waals surface area (Å²) in [6.07, 6.45) is 4.40. The van der Waals surface area contributed by atoms with Gasteiger partial charge < -0.3 is 14.6 Å². The Morgan fingerprint density at radius 2 is 1.83 bits per heavy atom. The van der Waals surface area contributed by atoms with Crippen LogP contribution in [0.1, 0.15) is 44.1 Å². The zero-order valence-corrected chi connectivity index (χ0v) is 10.8. The van der Waals surface area contributed by atoms with E-state index in [4.69, 9.17) is 9.47 Å². The second-order valence-corrected chi connectivity index (χ2v) is 5.47. The molecule has 1 N–H and O–H groups in total. The largest absolute Gasteiger partial charge is 0.454 e. The number of aliphatic hydroxyl groups excluding tert-OH is 1. The van der Waals surface area contributed by atoms with Gasteiger partial charge in [0, 0.05) is 0 Å². The van der Waals surface area contributed by atoms with Gasteiger partial charge in [-0.05, 0) is 62.1 Å². The van der Waals surface area contributed by atoms with Crippen LogP contribution in [0, 0.1) is 5.92 Å². The van der Waals surface area contributed by atoms with Crippen molar-refractivity contribution >= 4 is 0 Å². The van der Waals surface area contributed by atoms with Gasteiger partial charge in [0.05, 0.1) is 6.10 Å². The topological polar surface area (TPSA) is 38.7 Å². The summed E-state index contributed by atoms with van der Waals surface area (Å²) in [5.74, 6) is 2.83. The van der Waals surface area contributed by atoms with Crippen molar-refractivity contribution in [1.29, 1.82) is 0 Å². The molecule has 2 aliphatic rings. The quantitative estimate of drug-likeness (QED) is 0.874. The van der Waals surface area contributed by atoms with Crippen molar-refractivity contribution in [1.82, 2.24) is 0 Å². The molecule has 98 valence electrons. The fraction of sp³-hybridized carbons (Fsp3) is 0.600. The van der Waals surface area contributed by atoms with Crippen LogP contribution in [0.15, 0.2) is 18.2 Å². The third-order valence-corrected chi connectivity index (χ3v) is 4.32. The second kappa shape index (κ2) is 4.81. The van der Waals surface area contributed by atoms with Gasteiger partial charge in [0.2, 0.25) is 6.79 Å². The summed E-state index contributed by atoms with van der Waals surface area (Å²) >= 11 is 0. The molecule has 3 nitrogen and oxygen atoms in total. The molecule has 1 saturated carbocycles. The lowest BCUT2D eigenvalue weighted by molar-refractivity contribution is 0.0967. The summed E-state index contributed by atoms with van der Waals surface area (Å²) in [7, 11) is 0. The molecule has 1 aliphatic carbocycles. The normalized spacial score (nSPS) is 28.1. The molecule has 1 unspecified atom stereocenters. The van der Waals surface area contributed by atoms with Crippen LogP contribution in [-0.2, 0) is 0 Å². The average Bonchev–Trinajstić information content (AvgIpc) is 2.86. The minimum Gasteiger partial charge on any atom is -0.454 e. The van der Waals surface area contributed by atoms with Gasteiger partial charge in [-0.3, -0.25) is 0 Å². The van der Waals surface area contributed by atoms with Gasteiger partial charge in [0.1, 0.15) is 0 Å². The van der Waals surface area contributed by atoms with E-state index in [0.29, 0.717) is 18.6 Å². The van der Waals surface area contributed by atoms with Crippen LogP contribution in [0.3, 0.4) is 0 Å². The molecule has 1 aromatic rings. The maximum Gasteiger partial charge on any atom is 0.231 e. The molecule has 1 fully saturated rings. The maximum absolute atomic E-state index is 9.62. The first kappa shape index (κ1) is 11.8. The summed E-state index contributed by atoms with van der Waals surface area (Å²) in [5.41, 5.74) is 1.35. The van der Waals surface area contributed by atoms with E-state index in [1.54, 1.807) is 0 Å². The zero-order chi connectivity index (χ0) is 12.5. The molecular formula is C15H20O3. The van der Waals surface area contributed by atoms with Gasteiger partial charge in [-0.15, -0.1) is 0 Å². The molecule has 0 bridgehead atoms. The van der Waals surface area contributed by atoms with E-state index in [2.05, 4.69) is 12.1 Å². The first-order valence-corrected chi connectivity index (χ1v) is 6.81. The molecule has 0 amide bonds. The highest BCUT2D eigenvalue weighted by Crippen LogP contribution is 2.41. The Morgan fingerprint density at radius 1 is 1.11 bits per heavy atom. The van der Waals surface area contributed by atoms with Crippen LogP contribution in [0.4, 0.5) is 0 Å². The number of benzene rings is 1. The Hall–Kier alpha value is -1.22. The summed E-state index contributed by atoms with van der Waals surface area (Å²) < 4.78 is 10.8. The number of ether oxygens (including phenoxy) is 2. The number of aliphatic hydroxyl groups is 1. The second-order valence-electron chi connectivity index (χ2n) is 5.47. The first-order chi connectivity index (χ1) is 8.74. The van der Waals surface area contributed by atoms with Crippen LogP contribution < -0.4 is 9.47 Å². The van der Waals surface area contributed by atoms with Crippen LogP contribution in [0.2, 0.25) is 0 Å². The van der Waals surface area contributed by atoms with Crippen LogP contribution in [0.5, 0.6) is 11.5 Å². The minimum atomic E-state index is -0.164. The molecule has 0 saturated heterocycles. The van der Waals surface area contributed by atoms with Crippen molar-refractivity contribution in [2.45, 2.75) is 44.6 Å². The fourth-order valence-electron chi connectivity index (χ4n) is 3.10. The standard InChI is InChI=1S/C15H20O3/c1-10(16)11-2-4-12(5-3-11)13-6-7-14-15(8-13)18-9-17-14/h6-8,10-12,16H,2-5,9H2,1H3.